The number of primary amides is 1. The van der Waals surface area contributed by atoms with Crippen molar-refractivity contribution in [2.45, 2.75) is 26.8 Å². The molecule has 0 aliphatic heterocycles. The summed E-state index contributed by atoms with van der Waals surface area (Å²) in [6, 6.07) is 2.55. The predicted octanol–water partition coefficient (Wildman–Crippen LogP) is 1.05. The predicted molar refractivity (Wildman–Crippen MR) is 74.7 cm³/mol. The van der Waals surface area contributed by atoms with Gasteiger partial charge in [-0.15, -0.1) is 0 Å². The summed E-state index contributed by atoms with van der Waals surface area (Å²) in [5.41, 5.74) is 6.55. The molecule has 0 aromatic heterocycles. The number of likely N-dealkylation sites (N-methyl/N-ethyl adjacent to an activating group) is 1. The van der Waals surface area contributed by atoms with Gasteiger partial charge in [-0.2, -0.15) is 0 Å². The highest BCUT2D eigenvalue weighted by Crippen LogP contribution is 2.32. The second kappa shape index (κ2) is 6.85. The van der Waals surface area contributed by atoms with Crippen molar-refractivity contribution >= 4 is 11.6 Å². The molecule has 7 heteroatoms. The monoisotopic (exact) mass is 281 g/mol. The van der Waals surface area contributed by atoms with Crippen molar-refractivity contribution in [3.8, 4) is 5.75 Å². The van der Waals surface area contributed by atoms with E-state index in [-0.39, 0.29) is 18.0 Å². The van der Waals surface area contributed by atoms with Crippen LogP contribution in [0, 0.1) is 24.0 Å². The van der Waals surface area contributed by atoms with Crippen LogP contribution in [0.25, 0.3) is 0 Å². The van der Waals surface area contributed by atoms with Crippen molar-refractivity contribution in [2.24, 2.45) is 5.73 Å². The summed E-state index contributed by atoms with van der Waals surface area (Å²) in [6.45, 7) is 5.83. The standard InChI is InChI=1S/C13H19N3O4/c1-4-15-10(13(14)17)7-20-12-9(3)5-8(2)6-11(12)16(18)19/h5-6,10,15H,4,7H2,1-3H3,(H2,14,17). The lowest BCUT2D eigenvalue weighted by atomic mass is 10.1. The fraction of sp³-hybridized carbons (Fsp3) is 0.462. The Hall–Kier alpha value is -2.15. The largest absolute Gasteiger partial charge is 0.484 e. The van der Waals surface area contributed by atoms with E-state index in [2.05, 4.69) is 5.32 Å². The Kier molecular flexibility index (Phi) is 5.45. The first kappa shape index (κ1) is 15.9. The molecule has 110 valence electrons. The number of rotatable bonds is 7. The lowest BCUT2D eigenvalue weighted by molar-refractivity contribution is -0.386. The van der Waals surface area contributed by atoms with Crippen molar-refractivity contribution in [3.05, 3.63) is 33.4 Å². The van der Waals surface area contributed by atoms with Gasteiger partial charge in [0.15, 0.2) is 5.75 Å². The molecule has 0 spiro atoms. The number of nitrogens with one attached hydrogen (secondary N) is 1. The van der Waals surface area contributed by atoms with Crippen LogP contribution in [-0.4, -0.2) is 30.0 Å². The lowest BCUT2D eigenvalue weighted by Crippen LogP contribution is -2.45. The first-order chi connectivity index (χ1) is 9.36. The maximum absolute atomic E-state index is 11.2. The minimum absolute atomic E-state index is 0.0477. The maximum atomic E-state index is 11.2. The number of amides is 1. The molecule has 3 N–H and O–H groups in total. The van der Waals surface area contributed by atoms with Crippen LogP contribution in [0.1, 0.15) is 18.1 Å². The van der Waals surface area contributed by atoms with Gasteiger partial charge in [0.2, 0.25) is 5.91 Å². The number of nitrogens with two attached hydrogens (primary N) is 1. The maximum Gasteiger partial charge on any atom is 0.311 e. The number of nitro benzene ring substituents is 1. The van der Waals surface area contributed by atoms with Gasteiger partial charge in [0.25, 0.3) is 0 Å². The smallest absolute Gasteiger partial charge is 0.311 e. The zero-order chi connectivity index (χ0) is 15.3. The molecule has 1 rings (SSSR count). The molecule has 7 nitrogen and oxygen atoms in total. The summed E-state index contributed by atoms with van der Waals surface area (Å²) in [4.78, 5) is 21.8. The Balaban J connectivity index is 2.97. The van der Waals surface area contributed by atoms with Crippen molar-refractivity contribution in [2.75, 3.05) is 13.2 Å². The molecule has 1 aromatic carbocycles. The number of benzene rings is 1. The SMILES string of the molecule is CCNC(COc1c(C)cc(C)cc1[N+](=O)[O-])C(N)=O. The molecule has 20 heavy (non-hydrogen) atoms. The highest BCUT2D eigenvalue weighted by atomic mass is 16.6. The van der Waals surface area contributed by atoms with Gasteiger partial charge in [0.05, 0.1) is 4.92 Å². The summed E-state index contributed by atoms with van der Waals surface area (Å²) < 4.78 is 5.46. The summed E-state index contributed by atoms with van der Waals surface area (Å²) in [5, 5.41) is 13.9. The van der Waals surface area contributed by atoms with Crippen molar-refractivity contribution in [1.29, 1.82) is 0 Å². The number of hydrogen-bond acceptors (Lipinski definition) is 5. The fourth-order valence-corrected chi connectivity index (χ4v) is 1.91. The van der Waals surface area contributed by atoms with E-state index in [9.17, 15) is 14.9 Å². The fourth-order valence-electron chi connectivity index (χ4n) is 1.91. The van der Waals surface area contributed by atoms with E-state index < -0.39 is 16.9 Å². The minimum Gasteiger partial charge on any atom is -0.484 e. The van der Waals surface area contributed by atoms with E-state index in [0.29, 0.717) is 12.1 Å². The Morgan fingerprint density at radius 2 is 2.15 bits per heavy atom. The minimum atomic E-state index is -0.680. The normalized spacial score (nSPS) is 11.9. The average molecular weight is 281 g/mol. The number of carbonyl (C=O) groups excluding carboxylic acids is 1. The highest BCUT2D eigenvalue weighted by molar-refractivity contribution is 5.80. The van der Waals surface area contributed by atoms with Crippen molar-refractivity contribution < 1.29 is 14.5 Å². The number of nitrogens with zero attached hydrogens (tertiary/aromatic N) is 1. The molecule has 0 heterocycles. The summed E-state index contributed by atoms with van der Waals surface area (Å²) in [5.74, 6) is -0.385. The number of carbonyl (C=O) groups is 1. The Bertz CT molecular complexity index is 517. The lowest BCUT2D eigenvalue weighted by Gasteiger charge is -2.16. The first-order valence-electron chi connectivity index (χ1n) is 6.28. The molecule has 0 saturated carbocycles. The highest BCUT2D eigenvalue weighted by Gasteiger charge is 2.21. The van der Waals surface area contributed by atoms with Crippen LogP contribution in [0.5, 0.6) is 5.75 Å². The zero-order valence-corrected chi connectivity index (χ0v) is 11.8. The van der Waals surface area contributed by atoms with Crippen LogP contribution in [0.3, 0.4) is 0 Å². The van der Waals surface area contributed by atoms with Crippen molar-refractivity contribution in [3.63, 3.8) is 0 Å². The number of hydrogen-bond donors (Lipinski definition) is 2. The summed E-state index contributed by atoms with van der Waals surface area (Å²) in [7, 11) is 0. The van der Waals surface area contributed by atoms with Gasteiger partial charge in [0.1, 0.15) is 12.6 Å². The molecule has 1 unspecified atom stereocenters. The van der Waals surface area contributed by atoms with E-state index in [0.717, 1.165) is 5.56 Å². The second-order valence-electron chi connectivity index (χ2n) is 4.51. The molecule has 0 aliphatic rings. The van der Waals surface area contributed by atoms with Crippen LogP contribution in [0.4, 0.5) is 5.69 Å². The van der Waals surface area contributed by atoms with Gasteiger partial charge in [0, 0.05) is 6.07 Å². The second-order valence-corrected chi connectivity index (χ2v) is 4.51. The molecule has 0 radical (unpaired) electrons. The van der Waals surface area contributed by atoms with Gasteiger partial charge in [-0.25, -0.2) is 0 Å². The van der Waals surface area contributed by atoms with Gasteiger partial charge < -0.3 is 15.8 Å². The molecular formula is C13H19N3O4. The van der Waals surface area contributed by atoms with Crippen LogP contribution in [0.2, 0.25) is 0 Å². The molecule has 0 fully saturated rings. The summed E-state index contributed by atoms with van der Waals surface area (Å²) in [6.07, 6.45) is 0. The molecule has 0 aliphatic carbocycles. The van der Waals surface area contributed by atoms with E-state index in [1.54, 1.807) is 19.9 Å². The van der Waals surface area contributed by atoms with Crippen LogP contribution in [0.15, 0.2) is 12.1 Å². The molecule has 0 bridgehead atoms. The Morgan fingerprint density at radius 3 is 2.65 bits per heavy atom. The van der Waals surface area contributed by atoms with Gasteiger partial charge >= 0.3 is 5.69 Å². The zero-order valence-electron chi connectivity index (χ0n) is 11.8. The number of ether oxygens (including phenoxy) is 1. The average Bonchev–Trinajstić information content (AvgIpc) is 2.34. The third-order valence-corrected chi connectivity index (χ3v) is 2.78. The Morgan fingerprint density at radius 1 is 1.50 bits per heavy atom. The molecule has 1 aromatic rings. The number of aryl methyl sites for hydroxylation is 2. The molecular weight excluding hydrogens is 262 g/mol. The topological polar surface area (TPSA) is 107 Å². The third-order valence-electron chi connectivity index (χ3n) is 2.78. The van der Waals surface area contributed by atoms with Crippen LogP contribution < -0.4 is 15.8 Å². The number of nitro groups is 1. The van der Waals surface area contributed by atoms with E-state index in [1.165, 1.54) is 6.07 Å². The molecule has 0 saturated heterocycles. The van der Waals surface area contributed by atoms with E-state index >= 15 is 0 Å². The van der Waals surface area contributed by atoms with Gasteiger partial charge in [-0.05, 0) is 31.5 Å². The van der Waals surface area contributed by atoms with Crippen LogP contribution >= 0.6 is 0 Å². The van der Waals surface area contributed by atoms with E-state index in [1.807, 2.05) is 6.92 Å². The molecule has 1 amide bonds. The van der Waals surface area contributed by atoms with E-state index in [4.69, 9.17) is 10.5 Å². The quantitative estimate of drug-likeness (QED) is 0.574. The molecule has 1 atom stereocenters. The summed E-state index contributed by atoms with van der Waals surface area (Å²) >= 11 is 0. The van der Waals surface area contributed by atoms with Crippen LogP contribution in [-0.2, 0) is 4.79 Å². The Labute approximate surface area is 117 Å². The van der Waals surface area contributed by atoms with Gasteiger partial charge in [-0.1, -0.05) is 13.0 Å². The first-order valence-corrected chi connectivity index (χ1v) is 6.28. The van der Waals surface area contributed by atoms with Crippen molar-refractivity contribution in [1.82, 2.24) is 5.32 Å². The third kappa shape index (κ3) is 3.92. The van der Waals surface area contributed by atoms with Gasteiger partial charge in [-0.3, -0.25) is 14.9 Å².